The Hall–Kier alpha value is -7.41. The topological polar surface area (TPSA) is 56.7 Å². The fourth-order valence-electron chi connectivity index (χ4n) is 8.44. The molecule has 4 heterocycles. The molecule has 12 rings (SSSR count). The van der Waals surface area contributed by atoms with Gasteiger partial charge in [-0.3, -0.25) is 4.57 Å². The van der Waals surface area contributed by atoms with Gasteiger partial charge in [0.05, 0.1) is 15.7 Å². The van der Waals surface area contributed by atoms with E-state index in [1.807, 2.05) is 41.7 Å². The number of rotatable bonds is 5. The van der Waals surface area contributed by atoms with Gasteiger partial charge in [0, 0.05) is 48.1 Å². The summed E-state index contributed by atoms with van der Waals surface area (Å²) in [6, 6.07) is 63.8. The molecule has 12 aromatic rings. The number of hydrogen-bond acceptors (Lipinski definition) is 5. The number of para-hydroxylation sites is 2. The molecule has 0 saturated heterocycles. The number of benzene rings is 8. The summed E-state index contributed by atoms with van der Waals surface area (Å²) in [6.45, 7) is 0. The molecule has 8 aromatic carbocycles. The highest BCUT2D eigenvalue weighted by atomic mass is 32.1. The Bertz CT molecular complexity index is 3540. The number of aromatic nitrogens is 4. The zero-order chi connectivity index (χ0) is 37.5. The first-order chi connectivity index (χ1) is 28.2. The zero-order valence-corrected chi connectivity index (χ0v) is 31.2. The van der Waals surface area contributed by atoms with Crippen LogP contribution in [0.2, 0.25) is 0 Å². The molecule has 0 spiro atoms. The smallest absolute Gasteiger partial charge is 0.238 e. The van der Waals surface area contributed by atoms with Gasteiger partial charge in [0.15, 0.2) is 11.6 Å². The Morgan fingerprint density at radius 3 is 2.00 bits per heavy atom. The van der Waals surface area contributed by atoms with Gasteiger partial charge in [0.2, 0.25) is 5.95 Å². The van der Waals surface area contributed by atoms with Gasteiger partial charge < -0.3 is 4.42 Å². The highest BCUT2D eigenvalue weighted by molar-refractivity contribution is 7.26. The molecule has 0 aliphatic heterocycles. The lowest BCUT2D eigenvalue weighted by Crippen LogP contribution is -2.07. The van der Waals surface area contributed by atoms with E-state index in [-0.39, 0.29) is 0 Å². The second kappa shape index (κ2) is 12.6. The summed E-state index contributed by atoms with van der Waals surface area (Å²) < 4.78 is 10.9. The third-order valence-electron chi connectivity index (χ3n) is 11.1. The Morgan fingerprint density at radius 2 is 1.09 bits per heavy atom. The fraction of sp³-hybridized carbons (Fsp3) is 0. The van der Waals surface area contributed by atoms with Gasteiger partial charge in [-0.15, -0.1) is 11.3 Å². The van der Waals surface area contributed by atoms with Crippen molar-refractivity contribution < 1.29 is 4.42 Å². The van der Waals surface area contributed by atoms with Crippen molar-refractivity contribution in [2.45, 2.75) is 0 Å². The van der Waals surface area contributed by atoms with E-state index < -0.39 is 0 Å². The Morgan fingerprint density at radius 1 is 0.404 bits per heavy atom. The maximum Gasteiger partial charge on any atom is 0.238 e. The molecule has 0 fully saturated rings. The minimum absolute atomic E-state index is 0.566. The highest BCUT2D eigenvalue weighted by Gasteiger charge is 2.22. The largest absolute Gasteiger partial charge is 0.456 e. The maximum atomic E-state index is 6.23. The van der Waals surface area contributed by atoms with Crippen molar-refractivity contribution in [3.8, 4) is 51.0 Å². The summed E-state index contributed by atoms with van der Waals surface area (Å²) in [5, 5.41) is 6.87. The van der Waals surface area contributed by atoms with Gasteiger partial charge in [-0.1, -0.05) is 140 Å². The first-order valence-electron chi connectivity index (χ1n) is 19.0. The second-order valence-corrected chi connectivity index (χ2v) is 15.4. The summed E-state index contributed by atoms with van der Waals surface area (Å²) in [5.74, 6) is 1.75. The van der Waals surface area contributed by atoms with Crippen LogP contribution in [0.1, 0.15) is 0 Å². The number of hydrogen-bond donors (Lipinski definition) is 0. The molecular formula is C51H30N4OS. The molecule has 0 bridgehead atoms. The number of fused-ring (bicyclic) bond motifs is 10. The van der Waals surface area contributed by atoms with Crippen LogP contribution in [0.4, 0.5) is 0 Å². The number of thiophene rings is 1. The minimum Gasteiger partial charge on any atom is -0.456 e. The molecule has 0 saturated carbocycles. The summed E-state index contributed by atoms with van der Waals surface area (Å²) in [6.07, 6.45) is 0. The van der Waals surface area contributed by atoms with Crippen molar-refractivity contribution in [1.82, 2.24) is 19.5 Å². The van der Waals surface area contributed by atoms with Crippen LogP contribution in [0.25, 0.3) is 115 Å². The predicted molar refractivity (Wildman–Crippen MR) is 236 cm³/mol. The predicted octanol–water partition coefficient (Wildman–Crippen LogP) is 13.9. The number of nitrogens with zero attached hydrogens (tertiary/aromatic N) is 4. The van der Waals surface area contributed by atoms with Crippen molar-refractivity contribution in [2.75, 3.05) is 0 Å². The third kappa shape index (κ3) is 5.04. The molecule has 5 nitrogen and oxygen atoms in total. The van der Waals surface area contributed by atoms with Crippen LogP contribution in [0.15, 0.2) is 186 Å². The SMILES string of the molecule is c1ccc(-c2cccc(-c3ccccc3-c3nc(-c4ccc5oc6ccccc6c5c4)nc(-n4c5ccccc5c5ccc6c7ccccc7sc6c54)n3)c2)cc1. The van der Waals surface area contributed by atoms with Crippen molar-refractivity contribution in [3.63, 3.8) is 0 Å². The summed E-state index contributed by atoms with van der Waals surface area (Å²) in [5.41, 5.74) is 10.1. The molecule has 0 radical (unpaired) electrons. The molecule has 0 unspecified atom stereocenters. The molecule has 0 amide bonds. The quantitative estimate of drug-likeness (QED) is 0.176. The Kier molecular flexibility index (Phi) is 7.03. The highest BCUT2D eigenvalue weighted by Crippen LogP contribution is 2.43. The molecule has 4 aromatic heterocycles. The summed E-state index contributed by atoms with van der Waals surface area (Å²) in [7, 11) is 0. The van der Waals surface area contributed by atoms with Crippen LogP contribution in [-0.2, 0) is 0 Å². The van der Waals surface area contributed by atoms with Gasteiger partial charge in [-0.25, -0.2) is 4.98 Å². The lowest BCUT2D eigenvalue weighted by atomic mass is 9.95. The van der Waals surface area contributed by atoms with E-state index in [9.17, 15) is 0 Å². The van der Waals surface area contributed by atoms with Crippen LogP contribution >= 0.6 is 11.3 Å². The Balaban J connectivity index is 1.15. The summed E-state index contributed by atoms with van der Waals surface area (Å²) in [4.78, 5) is 16.1. The molecule has 57 heavy (non-hydrogen) atoms. The molecular weight excluding hydrogens is 717 g/mol. The third-order valence-corrected chi connectivity index (χ3v) is 12.3. The van der Waals surface area contributed by atoms with E-state index in [1.54, 1.807) is 0 Å². The van der Waals surface area contributed by atoms with Crippen LogP contribution in [0, 0.1) is 0 Å². The van der Waals surface area contributed by atoms with Gasteiger partial charge in [0.1, 0.15) is 11.2 Å². The van der Waals surface area contributed by atoms with E-state index >= 15 is 0 Å². The molecule has 266 valence electrons. The first-order valence-corrected chi connectivity index (χ1v) is 19.8. The molecule has 6 heteroatoms. The molecule has 0 N–H and O–H groups in total. The van der Waals surface area contributed by atoms with E-state index in [4.69, 9.17) is 19.4 Å². The molecule has 0 aliphatic rings. The van der Waals surface area contributed by atoms with E-state index in [2.05, 4.69) is 156 Å². The lowest BCUT2D eigenvalue weighted by Gasteiger charge is -2.14. The van der Waals surface area contributed by atoms with Crippen LogP contribution in [0.5, 0.6) is 0 Å². The van der Waals surface area contributed by atoms with Crippen LogP contribution in [0.3, 0.4) is 0 Å². The van der Waals surface area contributed by atoms with Crippen molar-refractivity contribution in [2.24, 2.45) is 0 Å². The normalized spacial score (nSPS) is 11.9. The molecule has 0 aliphatic carbocycles. The average Bonchev–Trinajstić information content (AvgIpc) is 3.96. The van der Waals surface area contributed by atoms with Crippen LogP contribution in [-0.4, -0.2) is 19.5 Å². The van der Waals surface area contributed by atoms with Gasteiger partial charge in [-0.05, 0) is 64.7 Å². The average molecular weight is 747 g/mol. The van der Waals surface area contributed by atoms with Crippen molar-refractivity contribution in [3.05, 3.63) is 182 Å². The van der Waals surface area contributed by atoms with Crippen LogP contribution < -0.4 is 0 Å². The summed E-state index contributed by atoms with van der Waals surface area (Å²) >= 11 is 1.82. The monoisotopic (exact) mass is 746 g/mol. The maximum absolute atomic E-state index is 6.23. The van der Waals surface area contributed by atoms with Crippen molar-refractivity contribution >= 4 is 75.3 Å². The first kappa shape index (κ1) is 31.9. The zero-order valence-electron chi connectivity index (χ0n) is 30.4. The minimum atomic E-state index is 0.566. The van der Waals surface area contributed by atoms with Gasteiger partial charge >= 0.3 is 0 Å². The number of furan rings is 1. The standard InChI is InChI=1S/C51H30N4OS/c1-2-13-31(14-3-1)32-15-12-16-33(29-32)35-17-4-5-21-41(35)50-52-49(34-25-28-45-42(30-34)37-19-7-10-23-44(37)56-45)53-51(54-50)55-43-22-9-6-18-36(43)39-26-27-40-38-20-8-11-24-46(38)57-48(40)47(39)55/h1-30H. The van der Waals surface area contributed by atoms with E-state index in [1.165, 1.54) is 25.7 Å². The molecule has 0 atom stereocenters. The van der Waals surface area contributed by atoms with Gasteiger partial charge in [-0.2, -0.15) is 9.97 Å². The van der Waals surface area contributed by atoms with E-state index in [0.717, 1.165) is 71.6 Å². The Labute approximate surface area is 330 Å². The van der Waals surface area contributed by atoms with Gasteiger partial charge in [0.25, 0.3) is 0 Å². The lowest BCUT2D eigenvalue weighted by molar-refractivity contribution is 0.669. The fourth-order valence-corrected chi connectivity index (χ4v) is 9.69. The van der Waals surface area contributed by atoms with E-state index in [0.29, 0.717) is 17.6 Å². The van der Waals surface area contributed by atoms with Crippen molar-refractivity contribution in [1.29, 1.82) is 0 Å². The second-order valence-electron chi connectivity index (χ2n) is 14.4.